The van der Waals surface area contributed by atoms with Crippen LogP contribution in [0, 0.1) is 0 Å². The first-order valence-electron chi connectivity index (χ1n) is 10.3. The van der Waals surface area contributed by atoms with E-state index in [9.17, 15) is 18.0 Å². The van der Waals surface area contributed by atoms with Gasteiger partial charge < -0.3 is 15.4 Å². The minimum Gasteiger partial charge on any atom is -0.492 e. The van der Waals surface area contributed by atoms with Crippen molar-refractivity contribution in [1.29, 1.82) is 0 Å². The Labute approximate surface area is 182 Å². The molecule has 0 unspecified atom stereocenters. The molecular weight excluding hydrogens is 418 g/mol. The van der Waals surface area contributed by atoms with E-state index in [4.69, 9.17) is 4.74 Å². The van der Waals surface area contributed by atoms with Crippen molar-refractivity contribution in [2.45, 2.75) is 38.0 Å². The van der Waals surface area contributed by atoms with Crippen molar-refractivity contribution in [1.82, 2.24) is 4.31 Å². The minimum absolute atomic E-state index is 0.0510. The maximum absolute atomic E-state index is 13.2. The first-order chi connectivity index (χ1) is 14.8. The normalized spacial score (nSPS) is 14.6. The van der Waals surface area contributed by atoms with Gasteiger partial charge in [0.05, 0.1) is 6.61 Å². The minimum atomic E-state index is -3.74. The summed E-state index contributed by atoms with van der Waals surface area (Å²) < 4.78 is 33.5. The average molecular weight is 446 g/mol. The van der Waals surface area contributed by atoms with E-state index in [1.165, 1.54) is 17.3 Å². The summed E-state index contributed by atoms with van der Waals surface area (Å²) in [4.78, 5) is 23.8. The Kier molecular flexibility index (Phi) is 7.29. The van der Waals surface area contributed by atoms with Crippen LogP contribution < -0.4 is 15.4 Å². The Morgan fingerprint density at radius 2 is 1.61 bits per heavy atom. The van der Waals surface area contributed by atoms with Gasteiger partial charge in [0.2, 0.25) is 15.9 Å². The van der Waals surface area contributed by atoms with Gasteiger partial charge in [-0.15, -0.1) is 0 Å². The molecule has 0 bridgehead atoms. The molecule has 2 aromatic carbocycles. The van der Waals surface area contributed by atoms with Crippen LogP contribution in [0.2, 0.25) is 0 Å². The Bertz CT molecular complexity index is 1050. The van der Waals surface area contributed by atoms with Gasteiger partial charge in [0.15, 0.2) is 0 Å². The van der Waals surface area contributed by atoms with Crippen LogP contribution in [0.4, 0.5) is 11.4 Å². The molecule has 3 rings (SSSR count). The Hall–Kier alpha value is -2.91. The smallest absolute Gasteiger partial charge is 0.255 e. The topological polar surface area (TPSA) is 105 Å². The molecule has 166 valence electrons. The molecule has 0 aromatic heterocycles. The third kappa shape index (κ3) is 5.62. The van der Waals surface area contributed by atoms with Gasteiger partial charge in [-0.05, 0) is 62.2 Å². The van der Waals surface area contributed by atoms with Crippen molar-refractivity contribution in [3.8, 4) is 5.75 Å². The SMILES string of the molecule is CCOc1ccc(NC(=O)c2ccc(NC(C)=O)cc2)cc1S(=O)(=O)N1CCCCC1. The summed E-state index contributed by atoms with van der Waals surface area (Å²) in [6, 6.07) is 11.0. The molecule has 2 aromatic rings. The lowest BCUT2D eigenvalue weighted by Crippen LogP contribution is -2.35. The molecule has 0 radical (unpaired) electrons. The predicted octanol–water partition coefficient (Wildman–Crippen LogP) is 3.47. The van der Waals surface area contributed by atoms with Crippen LogP contribution in [-0.2, 0) is 14.8 Å². The molecule has 1 heterocycles. The second-order valence-corrected chi connectivity index (χ2v) is 9.18. The van der Waals surface area contributed by atoms with Gasteiger partial charge in [-0.25, -0.2) is 8.42 Å². The van der Waals surface area contributed by atoms with Gasteiger partial charge in [0, 0.05) is 37.0 Å². The molecular formula is C22H27N3O5S. The molecule has 1 saturated heterocycles. The number of nitrogens with zero attached hydrogens (tertiary/aromatic N) is 1. The number of hydrogen-bond acceptors (Lipinski definition) is 5. The molecule has 0 atom stereocenters. The quantitative estimate of drug-likeness (QED) is 0.679. The van der Waals surface area contributed by atoms with Gasteiger partial charge in [-0.2, -0.15) is 4.31 Å². The molecule has 0 spiro atoms. The molecule has 31 heavy (non-hydrogen) atoms. The van der Waals surface area contributed by atoms with Crippen molar-refractivity contribution >= 4 is 33.2 Å². The maximum Gasteiger partial charge on any atom is 0.255 e. The molecule has 1 fully saturated rings. The number of ether oxygens (including phenoxy) is 1. The predicted molar refractivity (Wildman–Crippen MR) is 119 cm³/mol. The van der Waals surface area contributed by atoms with Crippen LogP contribution in [0.1, 0.15) is 43.5 Å². The monoisotopic (exact) mass is 445 g/mol. The highest BCUT2D eigenvalue weighted by atomic mass is 32.2. The first-order valence-corrected chi connectivity index (χ1v) is 11.7. The number of carbonyl (C=O) groups is 2. The van der Waals surface area contributed by atoms with E-state index in [1.54, 1.807) is 43.3 Å². The summed E-state index contributed by atoms with van der Waals surface area (Å²) in [6.45, 7) is 4.48. The highest BCUT2D eigenvalue weighted by molar-refractivity contribution is 7.89. The molecule has 1 aliphatic heterocycles. The molecule has 0 saturated carbocycles. The maximum atomic E-state index is 13.2. The van der Waals surface area contributed by atoms with Crippen molar-refractivity contribution in [2.75, 3.05) is 30.3 Å². The van der Waals surface area contributed by atoms with Gasteiger partial charge >= 0.3 is 0 Å². The lowest BCUT2D eigenvalue weighted by atomic mass is 10.2. The summed E-state index contributed by atoms with van der Waals surface area (Å²) in [5, 5.41) is 5.38. The van der Waals surface area contributed by atoms with E-state index in [2.05, 4.69) is 10.6 Å². The molecule has 2 N–H and O–H groups in total. The molecule has 8 nitrogen and oxygen atoms in total. The molecule has 1 aliphatic rings. The van der Waals surface area contributed by atoms with Crippen LogP contribution in [0.25, 0.3) is 0 Å². The van der Waals surface area contributed by atoms with E-state index in [0.29, 0.717) is 36.6 Å². The number of benzene rings is 2. The average Bonchev–Trinajstić information content (AvgIpc) is 2.75. The van der Waals surface area contributed by atoms with Crippen LogP contribution in [0.3, 0.4) is 0 Å². The highest BCUT2D eigenvalue weighted by Gasteiger charge is 2.29. The Balaban J connectivity index is 1.84. The number of hydrogen-bond donors (Lipinski definition) is 2. The number of piperidine rings is 1. The van der Waals surface area contributed by atoms with Crippen molar-refractivity contribution in [3.63, 3.8) is 0 Å². The third-order valence-corrected chi connectivity index (χ3v) is 6.82. The third-order valence-electron chi connectivity index (χ3n) is 4.90. The first kappa shape index (κ1) is 22.8. The number of anilines is 2. The molecule has 2 amide bonds. The van der Waals surface area contributed by atoms with E-state index in [0.717, 1.165) is 19.3 Å². The fourth-order valence-corrected chi connectivity index (χ4v) is 5.09. The number of amides is 2. The van der Waals surface area contributed by atoms with E-state index in [1.807, 2.05) is 0 Å². The highest BCUT2D eigenvalue weighted by Crippen LogP contribution is 2.31. The lowest BCUT2D eigenvalue weighted by Gasteiger charge is -2.27. The zero-order valence-electron chi connectivity index (χ0n) is 17.7. The zero-order valence-corrected chi connectivity index (χ0v) is 18.5. The van der Waals surface area contributed by atoms with Crippen LogP contribution >= 0.6 is 0 Å². The van der Waals surface area contributed by atoms with E-state index >= 15 is 0 Å². The molecule has 9 heteroatoms. The number of carbonyl (C=O) groups excluding carboxylic acids is 2. The van der Waals surface area contributed by atoms with Gasteiger partial charge in [-0.1, -0.05) is 6.42 Å². The second kappa shape index (κ2) is 9.93. The van der Waals surface area contributed by atoms with Gasteiger partial charge in [0.25, 0.3) is 5.91 Å². The summed E-state index contributed by atoms with van der Waals surface area (Å²) in [6.07, 6.45) is 2.67. The van der Waals surface area contributed by atoms with Gasteiger partial charge in [-0.3, -0.25) is 9.59 Å². The van der Waals surface area contributed by atoms with E-state index < -0.39 is 10.0 Å². The zero-order chi connectivity index (χ0) is 22.4. The molecule has 0 aliphatic carbocycles. The number of sulfonamides is 1. The Morgan fingerprint density at radius 1 is 0.968 bits per heavy atom. The fourth-order valence-electron chi connectivity index (χ4n) is 3.42. The largest absolute Gasteiger partial charge is 0.492 e. The van der Waals surface area contributed by atoms with Crippen molar-refractivity contribution in [2.24, 2.45) is 0 Å². The summed E-state index contributed by atoms with van der Waals surface area (Å²) in [5.74, 6) is -0.320. The Morgan fingerprint density at radius 3 is 2.23 bits per heavy atom. The number of nitrogens with one attached hydrogen (secondary N) is 2. The summed E-state index contributed by atoms with van der Waals surface area (Å²) in [7, 11) is -3.74. The van der Waals surface area contributed by atoms with Crippen LogP contribution in [-0.4, -0.2) is 44.2 Å². The fraction of sp³-hybridized carbons (Fsp3) is 0.364. The standard InChI is InChI=1S/C22H27N3O5S/c1-3-30-20-12-11-19(15-21(20)31(28,29)25-13-5-4-6-14-25)24-22(27)17-7-9-18(10-8-17)23-16(2)26/h7-12,15H,3-6,13-14H2,1-2H3,(H,23,26)(H,24,27). The van der Waals surface area contributed by atoms with Crippen molar-refractivity contribution < 1.29 is 22.7 Å². The van der Waals surface area contributed by atoms with Crippen LogP contribution in [0.15, 0.2) is 47.4 Å². The summed E-state index contributed by atoms with van der Waals surface area (Å²) >= 11 is 0. The lowest BCUT2D eigenvalue weighted by molar-refractivity contribution is -0.114. The second-order valence-electron chi connectivity index (χ2n) is 7.27. The van der Waals surface area contributed by atoms with Crippen molar-refractivity contribution in [3.05, 3.63) is 48.0 Å². The summed E-state index contributed by atoms with van der Waals surface area (Å²) in [5.41, 5.74) is 1.32. The van der Waals surface area contributed by atoms with Gasteiger partial charge in [0.1, 0.15) is 10.6 Å². The van der Waals surface area contributed by atoms with Crippen LogP contribution in [0.5, 0.6) is 5.75 Å². The van der Waals surface area contributed by atoms with E-state index in [-0.39, 0.29) is 22.5 Å². The number of rotatable bonds is 7.